The first kappa shape index (κ1) is 23.0. The second-order valence-corrected chi connectivity index (χ2v) is 10.5. The SMILES string of the molecule is Cc1cc(S(=O)(=O)[C@H](CNC(=O)c2ccc(OC(C)C)cc2)c2cccs2)ccc1F. The summed E-state index contributed by atoms with van der Waals surface area (Å²) < 4.78 is 45.8. The molecule has 1 atom stereocenters. The molecule has 1 aromatic heterocycles. The van der Waals surface area contributed by atoms with E-state index in [0.29, 0.717) is 16.2 Å². The Morgan fingerprint density at radius 1 is 1.13 bits per heavy atom. The highest BCUT2D eigenvalue weighted by molar-refractivity contribution is 7.91. The molecule has 0 bridgehead atoms. The van der Waals surface area contributed by atoms with Crippen molar-refractivity contribution in [3.63, 3.8) is 0 Å². The Hall–Kier alpha value is -2.71. The Kier molecular flexibility index (Phi) is 7.12. The van der Waals surface area contributed by atoms with E-state index in [4.69, 9.17) is 4.74 Å². The largest absolute Gasteiger partial charge is 0.491 e. The average Bonchev–Trinajstić information content (AvgIpc) is 3.24. The number of halogens is 1. The molecular formula is C23H24FNO4S2. The molecule has 0 fully saturated rings. The highest BCUT2D eigenvalue weighted by Crippen LogP contribution is 2.32. The fraction of sp³-hybridized carbons (Fsp3) is 0.261. The van der Waals surface area contributed by atoms with Crippen LogP contribution in [0, 0.1) is 12.7 Å². The predicted molar refractivity (Wildman–Crippen MR) is 120 cm³/mol. The van der Waals surface area contributed by atoms with E-state index in [2.05, 4.69) is 5.32 Å². The molecule has 0 aliphatic rings. The summed E-state index contributed by atoms with van der Waals surface area (Å²) in [6, 6.07) is 13.9. The van der Waals surface area contributed by atoms with Gasteiger partial charge in [0.25, 0.3) is 5.91 Å². The molecule has 5 nitrogen and oxygen atoms in total. The standard InChI is InChI=1S/C23H24FNO4S2/c1-15(2)29-18-8-6-17(7-9-18)23(26)25-14-22(21-5-4-12-30-21)31(27,28)19-10-11-20(24)16(3)13-19/h4-13,15,22H,14H2,1-3H3,(H,25,26)/t22-/m1/s1. The third-order valence-corrected chi connectivity index (χ3v) is 7.85. The van der Waals surface area contributed by atoms with Crippen LogP contribution < -0.4 is 10.1 Å². The van der Waals surface area contributed by atoms with Crippen molar-refractivity contribution in [1.82, 2.24) is 5.32 Å². The van der Waals surface area contributed by atoms with Gasteiger partial charge in [0.05, 0.1) is 11.0 Å². The Morgan fingerprint density at radius 3 is 2.42 bits per heavy atom. The number of amides is 1. The van der Waals surface area contributed by atoms with Gasteiger partial charge in [-0.1, -0.05) is 6.07 Å². The van der Waals surface area contributed by atoms with E-state index < -0.39 is 20.9 Å². The third-order valence-electron chi connectivity index (χ3n) is 4.63. The second-order valence-electron chi connectivity index (χ2n) is 7.36. The lowest BCUT2D eigenvalue weighted by Gasteiger charge is -2.18. The van der Waals surface area contributed by atoms with Crippen molar-refractivity contribution in [3.8, 4) is 5.75 Å². The summed E-state index contributed by atoms with van der Waals surface area (Å²) in [4.78, 5) is 13.2. The number of aryl methyl sites for hydroxylation is 1. The van der Waals surface area contributed by atoms with E-state index in [0.717, 1.165) is 6.07 Å². The molecule has 1 amide bonds. The summed E-state index contributed by atoms with van der Waals surface area (Å²) in [6.45, 7) is 5.23. The molecule has 8 heteroatoms. The maximum absolute atomic E-state index is 13.6. The number of hydrogen-bond donors (Lipinski definition) is 1. The van der Waals surface area contributed by atoms with Crippen LogP contribution in [0.25, 0.3) is 0 Å². The number of sulfone groups is 1. The van der Waals surface area contributed by atoms with Gasteiger partial charge in [-0.3, -0.25) is 4.79 Å². The fourth-order valence-electron chi connectivity index (χ4n) is 3.04. The minimum absolute atomic E-state index is 0.0199. The Balaban J connectivity index is 1.81. The number of nitrogens with one attached hydrogen (secondary N) is 1. The van der Waals surface area contributed by atoms with E-state index in [1.807, 2.05) is 13.8 Å². The van der Waals surface area contributed by atoms with Gasteiger partial charge in [0.15, 0.2) is 9.84 Å². The van der Waals surface area contributed by atoms with E-state index in [1.54, 1.807) is 41.8 Å². The smallest absolute Gasteiger partial charge is 0.251 e. The topological polar surface area (TPSA) is 72.5 Å². The number of thiophene rings is 1. The summed E-state index contributed by atoms with van der Waals surface area (Å²) in [5.41, 5.74) is 0.648. The Morgan fingerprint density at radius 2 is 1.84 bits per heavy atom. The van der Waals surface area contributed by atoms with Gasteiger partial charge in [-0.25, -0.2) is 12.8 Å². The molecule has 1 N–H and O–H groups in total. The molecule has 0 saturated carbocycles. The normalized spacial score (nSPS) is 12.5. The van der Waals surface area contributed by atoms with Gasteiger partial charge in [-0.05, 0) is 80.2 Å². The van der Waals surface area contributed by atoms with Crippen LogP contribution in [0.1, 0.15) is 39.9 Å². The van der Waals surface area contributed by atoms with Crippen LogP contribution in [0.15, 0.2) is 64.9 Å². The third kappa shape index (κ3) is 5.51. The molecule has 2 aromatic carbocycles. The fourth-order valence-corrected chi connectivity index (χ4v) is 5.91. The number of carbonyl (C=O) groups excluding carboxylic acids is 1. The first-order chi connectivity index (χ1) is 14.7. The van der Waals surface area contributed by atoms with E-state index in [1.165, 1.54) is 30.4 Å². The molecule has 0 radical (unpaired) electrons. The van der Waals surface area contributed by atoms with Gasteiger partial charge >= 0.3 is 0 Å². The van der Waals surface area contributed by atoms with E-state index in [-0.39, 0.29) is 29.0 Å². The number of ether oxygens (including phenoxy) is 1. The van der Waals surface area contributed by atoms with Crippen LogP contribution in [0.2, 0.25) is 0 Å². The van der Waals surface area contributed by atoms with Crippen LogP contribution >= 0.6 is 11.3 Å². The van der Waals surface area contributed by atoms with Crippen LogP contribution in [0.4, 0.5) is 4.39 Å². The van der Waals surface area contributed by atoms with Crippen molar-refractivity contribution in [1.29, 1.82) is 0 Å². The van der Waals surface area contributed by atoms with Crippen molar-refractivity contribution in [2.75, 3.05) is 6.54 Å². The van der Waals surface area contributed by atoms with Gasteiger partial charge in [0, 0.05) is 17.0 Å². The van der Waals surface area contributed by atoms with Gasteiger partial charge < -0.3 is 10.1 Å². The lowest BCUT2D eigenvalue weighted by Crippen LogP contribution is -2.31. The number of benzene rings is 2. The number of carbonyl (C=O) groups is 1. The molecule has 0 aliphatic heterocycles. The van der Waals surface area contributed by atoms with Crippen LogP contribution in [-0.4, -0.2) is 27.0 Å². The van der Waals surface area contributed by atoms with Gasteiger partial charge in [-0.2, -0.15) is 0 Å². The molecule has 31 heavy (non-hydrogen) atoms. The summed E-state index contributed by atoms with van der Waals surface area (Å²) in [6.07, 6.45) is 0.0199. The zero-order valence-electron chi connectivity index (χ0n) is 17.5. The van der Waals surface area contributed by atoms with Crippen LogP contribution in [0.5, 0.6) is 5.75 Å². The molecule has 0 spiro atoms. The molecular weight excluding hydrogens is 437 g/mol. The van der Waals surface area contributed by atoms with E-state index in [9.17, 15) is 17.6 Å². The summed E-state index contributed by atoms with van der Waals surface area (Å²) in [5.74, 6) is -0.203. The first-order valence-electron chi connectivity index (χ1n) is 9.77. The van der Waals surface area contributed by atoms with Crippen molar-refractivity contribution >= 4 is 27.1 Å². The zero-order valence-corrected chi connectivity index (χ0v) is 19.1. The lowest BCUT2D eigenvalue weighted by atomic mass is 10.2. The highest BCUT2D eigenvalue weighted by atomic mass is 32.2. The highest BCUT2D eigenvalue weighted by Gasteiger charge is 2.31. The van der Waals surface area contributed by atoms with Gasteiger partial charge in [-0.15, -0.1) is 11.3 Å². The van der Waals surface area contributed by atoms with Crippen LogP contribution in [-0.2, 0) is 9.84 Å². The van der Waals surface area contributed by atoms with E-state index >= 15 is 0 Å². The number of hydrogen-bond acceptors (Lipinski definition) is 5. The van der Waals surface area contributed by atoms with Crippen molar-refractivity contribution in [2.24, 2.45) is 0 Å². The minimum Gasteiger partial charge on any atom is -0.491 e. The molecule has 3 aromatic rings. The molecule has 164 valence electrons. The Labute approximate surface area is 185 Å². The molecule has 1 heterocycles. The molecule has 3 rings (SSSR count). The predicted octanol–water partition coefficient (Wildman–Crippen LogP) is 4.93. The molecule has 0 unspecified atom stereocenters. The Bertz CT molecular complexity index is 1140. The lowest BCUT2D eigenvalue weighted by molar-refractivity contribution is 0.0953. The van der Waals surface area contributed by atoms with Gasteiger partial charge in [0.1, 0.15) is 16.8 Å². The monoisotopic (exact) mass is 461 g/mol. The van der Waals surface area contributed by atoms with Crippen molar-refractivity contribution in [2.45, 2.75) is 37.0 Å². The zero-order chi connectivity index (χ0) is 22.6. The average molecular weight is 462 g/mol. The maximum Gasteiger partial charge on any atom is 0.251 e. The van der Waals surface area contributed by atoms with Crippen molar-refractivity contribution < 1.29 is 22.3 Å². The number of rotatable bonds is 8. The first-order valence-corrected chi connectivity index (χ1v) is 12.2. The van der Waals surface area contributed by atoms with Gasteiger partial charge in [0.2, 0.25) is 0 Å². The second kappa shape index (κ2) is 9.62. The maximum atomic E-state index is 13.6. The minimum atomic E-state index is -3.85. The van der Waals surface area contributed by atoms with Crippen molar-refractivity contribution in [3.05, 3.63) is 81.8 Å². The molecule has 0 aliphatic carbocycles. The summed E-state index contributed by atoms with van der Waals surface area (Å²) >= 11 is 1.29. The van der Waals surface area contributed by atoms with Crippen LogP contribution in [0.3, 0.4) is 0 Å². The quantitative estimate of drug-likeness (QED) is 0.483. The summed E-state index contributed by atoms with van der Waals surface area (Å²) in [5, 5.41) is 3.52. The molecule has 0 saturated heterocycles. The summed E-state index contributed by atoms with van der Waals surface area (Å²) in [7, 11) is -3.85.